The Morgan fingerprint density at radius 2 is 1.67 bits per heavy atom. The van der Waals surface area contributed by atoms with E-state index < -0.39 is 0 Å². The first-order valence-electron chi connectivity index (χ1n) is 10.9. The second kappa shape index (κ2) is 12.8. The Balaban J connectivity index is 1.94. The van der Waals surface area contributed by atoms with E-state index in [2.05, 4.69) is 48.9 Å². The lowest BCUT2D eigenvalue weighted by Gasteiger charge is -2.24. The lowest BCUT2D eigenvalue weighted by atomic mass is 10.1. The molecule has 2 aromatic carbocycles. The second-order valence-corrected chi connectivity index (χ2v) is 7.10. The quantitative estimate of drug-likeness (QED) is 0.310. The van der Waals surface area contributed by atoms with E-state index in [0.717, 1.165) is 55.3 Å². The van der Waals surface area contributed by atoms with Gasteiger partial charge in [-0.2, -0.15) is 0 Å². The summed E-state index contributed by atoms with van der Waals surface area (Å²) in [5.74, 6) is 2.37. The summed E-state index contributed by atoms with van der Waals surface area (Å²) in [4.78, 5) is 6.94. The van der Waals surface area contributed by atoms with Crippen LogP contribution in [-0.2, 0) is 6.54 Å². The van der Waals surface area contributed by atoms with Crippen LogP contribution in [0.5, 0.6) is 17.2 Å². The van der Waals surface area contributed by atoms with Gasteiger partial charge < -0.3 is 19.1 Å². The van der Waals surface area contributed by atoms with E-state index in [4.69, 9.17) is 14.2 Å². The molecule has 0 saturated heterocycles. The SMILES string of the molecule is CCCC(CC)=NCCOc1ccc(CN(CC)c2ccc(OC)c(OC)c2)cc1. The molecule has 0 saturated carbocycles. The highest BCUT2D eigenvalue weighted by Crippen LogP contribution is 2.32. The Kier molecular flexibility index (Phi) is 10.1. The van der Waals surface area contributed by atoms with Crippen molar-refractivity contribution >= 4 is 11.4 Å². The predicted molar refractivity (Wildman–Crippen MR) is 126 cm³/mol. The Labute approximate surface area is 181 Å². The molecule has 0 radical (unpaired) electrons. The van der Waals surface area contributed by atoms with Crippen molar-refractivity contribution in [1.29, 1.82) is 0 Å². The highest BCUT2D eigenvalue weighted by atomic mass is 16.5. The van der Waals surface area contributed by atoms with E-state index in [0.29, 0.717) is 13.2 Å². The summed E-state index contributed by atoms with van der Waals surface area (Å²) in [6.07, 6.45) is 3.25. The fourth-order valence-corrected chi connectivity index (χ4v) is 3.34. The molecule has 30 heavy (non-hydrogen) atoms. The van der Waals surface area contributed by atoms with Gasteiger partial charge in [0.1, 0.15) is 12.4 Å². The van der Waals surface area contributed by atoms with Crippen molar-refractivity contribution in [1.82, 2.24) is 0 Å². The van der Waals surface area contributed by atoms with Crippen LogP contribution in [0.15, 0.2) is 47.5 Å². The maximum atomic E-state index is 5.85. The van der Waals surface area contributed by atoms with Crippen LogP contribution in [-0.4, -0.2) is 39.6 Å². The van der Waals surface area contributed by atoms with Gasteiger partial charge >= 0.3 is 0 Å². The van der Waals surface area contributed by atoms with Crippen molar-refractivity contribution in [2.24, 2.45) is 4.99 Å². The van der Waals surface area contributed by atoms with Crippen molar-refractivity contribution in [3.8, 4) is 17.2 Å². The number of hydrogen-bond donors (Lipinski definition) is 0. The fraction of sp³-hybridized carbons (Fsp3) is 0.480. The average Bonchev–Trinajstić information content (AvgIpc) is 2.79. The third kappa shape index (κ3) is 6.97. The first kappa shape index (κ1) is 23.6. The van der Waals surface area contributed by atoms with Gasteiger partial charge in [-0.05, 0) is 49.6 Å². The summed E-state index contributed by atoms with van der Waals surface area (Å²) in [7, 11) is 3.31. The zero-order valence-electron chi connectivity index (χ0n) is 19.1. The number of nitrogens with zero attached hydrogens (tertiary/aromatic N) is 2. The molecule has 0 amide bonds. The number of benzene rings is 2. The number of hydrogen-bond acceptors (Lipinski definition) is 5. The maximum absolute atomic E-state index is 5.85. The third-order valence-corrected chi connectivity index (χ3v) is 5.05. The Morgan fingerprint density at radius 3 is 2.27 bits per heavy atom. The minimum Gasteiger partial charge on any atom is -0.493 e. The van der Waals surface area contributed by atoms with Crippen LogP contribution in [0.25, 0.3) is 0 Å². The minimum atomic E-state index is 0.610. The van der Waals surface area contributed by atoms with Crippen molar-refractivity contribution in [2.75, 3.05) is 38.8 Å². The molecule has 0 spiro atoms. The largest absolute Gasteiger partial charge is 0.493 e. The van der Waals surface area contributed by atoms with Crippen LogP contribution in [0.1, 0.15) is 45.6 Å². The molecule has 0 bridgehead atoms. The van der Waals surface area contributed by atoms with Crippen LogP contribution in [0.4, 0.5) is 5.69 Å². The first-order chi connectivity index (χ1) is 14.6. The Morgan fingerprint density at radius 1 is 0.933 bits per heavy atom. The van der Waals surface area contributed by atoms with E-state index >= 15 is 0 Å². The molecule has 0 unspecified atom stereocenters. The van der Waals surface area contributed by atoms with Crippen LogP contribution in [0.3, 0.4) is 0 Å². The maximum Gasteiger partial charge on any atom is 0.162 e. The summed E-state index contributed by atoms with van der Waals surface area (Å²) in [5.41, 5.74) is 3.62. The van der Waals surface area contributed by atoms with Crippen molar-refractivity contribution in [3.63, 3.8) is 0 Å². The molecule has 5 nitrogen and oxygen atoms in total. The normalized spacial score (nSPS) is 11.3. The molecule has 5 heteroatoms. The summed E-state index contributed by atoms with van der Waals surface area (Å²) < 4.78 is 16.6. The zero-order chi connectivity index (χ0) is 21.8. The summed E-state index contributed by atoms with van der Waals surface area (Å²) in [6, 6.07) is 14.3. The molecule has 0 aliphatic carbocycles. The molecule has 0 fully saturated rings. The molecule has 2 rings (SSSR count). The van der Waals surface area contributed by atoms with Gasteiger partial charge in [-0.25, -0.2) is 0 Å². The van der Waals surface area contributed by atoms with Gasteiger partial charge in [-0.1, -0.05) is 32.4 Å². The smallest absolute Gasteiger partial charge is 0.162 e. The minimum absolute atomic E-state index is 0.610. The van der Waals surface area contributed by atoms with E-state index in [1.54, 1.807) is 14.2 Å². The highest BCUT2D eigenvalue weighted by molar-refractivity contribution is 5.84. The standard InChI is InChI=1S/C25H36N2O3/c1-6-9-21(7-2)26-16-17-30-23-13-10-20(11-14-23)19-27(8-3)22-12-15-24(28-4)25(18-22)29-5/h10-15,18H,6-9,16-17,19H2,1-5H3. The average molecular weight is 413 g/mol. The molecular formula is C25H36N2O3. The summed E-state index contributed by atoms with van der Waals surface area (Å²) in [6.45, 7) is 9.53. The number of ether oxygens (including phenoxy) is 3. The number of rotatable bonds is 13. The van der Waals surface area contributed by atoms with Crippen LogP contribution < -0.4 is 19.1 Å². The van der Waals surface area contributed by atoms with E-state index in [1.807, 2.05) is 24.3 Å². The van der Waals surface area contributed by atoms with Gasteiger partial charge in [0.15, 0.2) is 11.5 Å². The molecule has 0 aliphatic heterocycles. The lowest BCUT2D eigenvalue weighted by molar-refractivity contribution is 0.328. The van der Waals surface area contributed by atoms with Crippen LogP contribution >= 0.6 is 0 Å². The zero-order valence-corrected chi connectivity index (χ0v) is 19.1. The van der Waals surface area contributed by atoms with E-state index in [9.17, 15) is 0 Å². The molecule has 0 heterocycles. The topological polar surface area (TPSA) is 43.3 Å². The summed E-state index contributed by atoms with van der Waals surface area (Å²) in [5, 5.41) is 0. The molecule has 2 aromatic rings. The highest BCUT2D eigenvalue weighted by Gasteiger charge is 2.10. The van der Waals surface area contributed by atoms with E-state index in [-0.39, 0.29) is 0 Å². The van der Waals surface area contributed by atoms with E-state index in [1.165, 1.54) is 11.3 Å². The third-order valence-electron chi connectivity index (χ3n) is 5.05. The van der Waals surface area contributed by atoms with Crippen LogP contribution in [0.2, 0.25) is 0 Å². The lowest BCUT2D eigenvalue weighted by Crippen LogP contribution is -2.22. The van der Waals surface area contributed by atoms with Crippen molar-refractivity contribution in [3.05, 3.63) is 48.0 Å². The predicted octanol–water partition coefficient (Wildman–Crippen LogP) is 5.76. The van der Waals surface area contributed by atoms with Gasteiger partial charge in [0.2, 0.25) is 0 Å². The second-order valence-electron chi connectivity index (χ2n) is 7.10. The Bertz CT molecular complexity index is 787. The van der Waals surface area contributed by atoms with Crippen LogP contribution in [0, 0.1) is 0 Å². The van der Waals surface area contributed by atoms with Gasteiger partial charge in [0.25, 0.3) is 0 Å². The number of methoxy groups -OCH3 is 2. The van der Waals surface area contributed by atoms with Crippen molar-refractivity contribution < 1.29 is 14.2 Å². The first-order valence-corrected chi connectivity index (χ1v) is 10.9. The molecule has 0 atom stereocenters. The molecule has 0 aliphatic rings. The van der Waals surface area contributed by atoms with Gasteiger partial charge in [-0.3, -0.25) is 4.99 Å². The van der Waals surface area contributed by atoms with Gasteiger partial charge in [0, 0.05) is 30.6 Å². The molecular weight excluding hydrogens is 376 g/mol. The fourth-order valence-electron chi connectivity index (χ4n) is 3.34. The monoisotopic (exact) mass is 412 g/mol. The van der Waals surface area contributed by atoms with Crippen molar-refractivity contribution in [2.45, 2.75) is 46.6 Å². The molecule has 0 N–H and O–H groups in total. The molecule has 164 valence electrons. The molecule has 0 aromatic heterocycles. The Hall–Kier alpha value is -2.69. The number of aliphatic imine (C=N–C) groups is 1. The summed E-state index contributed by atoms with van der Waals surface area (Å²) >= 11 is 0. The van der Waals surface area contributed by atoms with Gasteiger partial charge in [0.05, 0.1) is 20.8 Å². The number of anilines is 1. The van der Waals surface area contributed by atoms with Gasteiger partial charge in [-0.15, -0.1) is 0 Å².